The first-order valence-corrected chi connectivity index (χ1v) is 8.68. The molecule has 1 aliphatic rings. The van der Waals surface area contributed by atoms with Gasteiger partial charge < -0.3 is 15.5 Å². The summed E-state index contributed by atoms with van der Waals surface area (Å²) in [6.07, 6.45) is 4.27. The van der Waals surface area contributed by atoms with Gasteiger partial charge >= 0.3 is 0 Å². The van der Waals surface area contributed by atoms with Crippen LogP contribution in [0.3, 0.4) is 0 Å². The summed E-state index contributed by atoms with van der Waals surface area (Å²) < 4.78 is 0. The lowest BCUT2D eigenvalue weighted by atomic mass is 9.95. The first-order chi connectivity index (χ1) is 11.9. The van der Waals surface area contributed by atoms with Gasteiger partial charge in [0.1, 0.15) is 0 Å². The van der Waals surface area contributed by atoms with E-state index in [1.165, 1.54) is 12.8 Å². The molecule has 0 atom stereocenters. The molecular formula is C19H25N5O. The minimum Gasteiger partial charge on any atom is -0.370 e. The highest BCUT2D eigenvalue weighted by atomic mass is 16.2. The molecule has 1 saturated heterocycles. The average molecular weight is 339 g/mol. The Labute approximate surface area is 148 Å². The van der Waals surface area contributed by atoms with Crippen molar-refractivity contribution in [1.82, 2.24) is 10.2 Å². The van der Waals surface area contributed by atoms with Gasteiger partial charge in [-0.2, -0.15) is 5.10 Å². The van der Waals surface area contributed by atoms with Crippen molar-refractivity contribution < 1.29 is 4.79 Å². The Morgan fingerprint density at radius 2 is 1.72 bits per heavy atom. The molecule has 2 N–H and O–H groups in total. The number of hydrogen-bond acceptors (Lipinski definition) is 5. The average Bonchev–Trinajstić information content (AvgIpc) is 3.11. The third-order valence-electron chi connectivity index (χ3n) is 4.21. The highest BCUT2D eigenvalue weighted by Crippen LogP contribution is 2.24. The highest BCUT2D eigenvalue weighted by Gasteiger charge is 2.21. The van der Waals surface area contributed by atoms with Crippen LogP contribution in [0.25, 0.3) is 0 Å². The topological polar surface area (TPSA) is 70.2 Å². The van der Waals surface area contributed by atoms with Crippen LogP contribution >= 0.6 is 0 Å². The summed E-state index contributed by atoms with van der Waals surface area (Å²) >= 11 is 0. The zero-order chi connectivity index (χ0) is 17.9. The van der Waals surface area contributed by atoms with Crippen LogP contribution in [0.1, 0.15) is 33.6 Å². The number of rotatable bonds is 4. The minimum atomic E-state index is -0.414. The van der Waals surface area contributed by atoms with Crippen LogP contribution in [0.5, 0.6) is 0 Å². The molecule has 1 aromatic heterocycles. The van der Waals surface area contributed by atoms with Gasteiger partial charge in [-0.1, -0.05) is 20.8 Å². The lowest BCUT2D eigenvalue weighted by Gasteiger charge is -2.18. The number of anilines is 4. The summed E-state index contributed by atoms with van der Waals surface area (Å²) in [5.74, 6) is 0.716. The number of nitrogens with one attached hydrogen (secondary N) is 2. The van der Waals surface area contributed by atoms with Crippen molar-refractivity contribution in [3.05, 3.63) is 36.5 Å². The fourth-order valence-corrected chi connectivity index (χ4v) is 2.67. The predicted octanol–water partition coefficient (Wildman–Crippen LogP) is 3.81. The third-order valence-corrected chi connectivity index (χ3v) is 4.21. The minimum absolute atomic E-state index is 0.00242. The van der Waals surface area contributed by atoms with Crippen LogP contribution in [0, 0.1) is 5.41 Å². The molecule has 1 amide bonds. The largest absolute Gasteiger partial charge is 0.370 e. The molecular weight excluding hydrogens is 314 g/mol. The second kappa shape index (κ2) is 7.09. The molecule has 0 radical (unpaired) electrons. The smallest absolute Gasteiger partial charge is 0.229 e. The molecule has 25 heavy (non-hydrogen) atoms. The molecule has 1 aliphatic heterocycles. The molecule has 2 heterocycles. The van der Waals surface area contributed by atoms with Crippen molar-refractivity contribution in [1.29, 1.82) is 0 Å². The van der Waals surface area contributed by atoms with Crippen molar-refractivity contribution in [3.63, 3.8) is 0 Å². The Bertz CT molecular complexity index is 730. The molecule has 3 rings (SSSR count). The van der Waals surface area contributed by atoms with Gasteiger partial charge in [-0.3, -0.25) is 4.79 Å². The Morgan fingerprint density at radius 3 is 2.36 bits per heavy atom. The first kappa shape index (κ1) is 17.2. The maximum Gasteiger partial charge on any atom is 0.229 e. The highest BCUT2D eigenvalue weighted by molar-refractivity contribution is 5.94. The maximum absolute atomic E-state index is 12.0. The van der Waals surface area contributed by atoms with Crippen LogP contribution in [-0.2, 0) is 4.79 Å². The number of amides is 1. The Morgan fingerprint density at radius 1 is 1.08 bits per heavy atom. The lowest BCUT2D eigenvalue weighted by Crippen LogP contribution is -2.27. The number of carbonyl (C=O) groups excluding carboxylic acids is 1. The molecule has 0 spiro atoms. The van der Waals surface area contributed by atoms with E-state index in [-0.39, 0.29) is 5.91 Å². The van der Waals surface area contributed by atoms with Crippen molar-refractivity contribution >= 4 is 28.8 Å². The molecule has 6 nitrogen and oxygen atoms in total. The van der Waals surface area contributed by atoms with Crippen molar-refractivity contribution in [2.24, 2.45) is 5.41 Å². The van der Waals surface area contributed by atoms with Gasteiger partial charge in [-0.05, 0) is 37.1 Å². The van der Waals surface area contributed by atoms with E-state index in [9.17, 15) is 4.79 Å². The van der Waals surface area contributed by atoms with E-state index in [1.54, 1.807) is 0 Å². The standard InChI is InChI=1S/C19H25N5O/c1-19(2,3)18(25)22-15-8-6-14(7-9-15)21-17-12-16(13-20-23-17)24-10-4-5-11-24/h6-9,12-13H,4-5,10-11H2,1-3H3,(H,21,23)(H,22,25). The zero-order valence-electron chi connectivity index (χ0n) is 15.0. The molecule has 0 aliphatic carbocycles. The summed E-state index contributed by atoms with van der Waals surface area (Å²) in [5.41, 5.74) is 2.37. The SMILES string of the molecule is CC(C)(C)C(=O)Nc1ccc(Nc2cc(N3CCCC3)cnn2)cc1. The van der Waals surface area contributed by atoms with Gasteiger partial charge in [-0.15, -0.1) is 5.10 Å². The van der Waals surface area contributed by atoms with E-state index < -0.39 is 5.41 Å². The summed E-state index contributed by atoms with van der Waals surface area (Å²) in [5, 5.41) is 14.4. The molecule has 2 aromatic rings. The summed E-state index contributed by atoms with van der Waals surface area (Å²) in [6.45, 7) is 7.83. The number of nitrogens with zero attached hydrogens (tertiary/aromatic N) is 3. The van der Waals surface area contributed by atoms with Crippen molar-refractivity contribution in [3.8, 4) is 0 Å². The summed E-state index contributed by atoms with van der Waals surface area (Å²) in [6, 6.07) is 9.62. The fourth-order valence-electron chi connectivity index (χ4n) is 2.67. The van der Waals surface area contributed by atoms with E-state index in [0.29, 0.717) is 0 Å². The predicted molar refractivity (Wildman–Crippen MR) is 101 cm³/mol. The van der Waals surface area contributed by atoms with E-state index >= 15 is 0 Å². The van der Waals surface area contributed by atoms with E-state index in [4.69, 9.17) is 0 Å². The third kappa shape index (κ3) is 4.47. The molecule has 1 fully saturated rings. The molecule has 0 saturated carbocycles. The molecule has 0 unspecified atom stereocenters. The van der Waals surface area contributed by atoms with Gasteiger partial charge in [-0.25, -0.2) is 0 Å². The number of carbonyl (C=O) groups is 1. The molecule has 1 aromatic carbocycles. The maximum atomic E-state index is 12.0. The van der Waals surface area contributed by atoms with Gasteiger partial charge in [0.15, 0.2) is 5.82 Å². The van der Waals surface area contributed by atoms with Gasteiger partial charge in [0.05, 0.1) is 11.9 Å². The fraction of sp³-hybridized carbons (Fsp3) is 0.421. The number of hydrogen-bond donors (Lipinski definition) is 2. The van der Waals surface area contributed by atoms with E-state index in [1.807, 2.05) is 57.3 Å². The Kier molecular flexibility index (Phi) is 4.88. The zero-order valence-corrected chi connectivity index (χ0v) is 15.0. The molecule has 132 valence electrons. The molecule has 6 heteroatoms. The van der Waals surface area contributed by atoms with Gasteiger partial charge in [0.25, 0.3) is 0 Å². The second-order valence-electron chi connectivity index (χ2n) is 7.40. The quantitative estimate of drug-likeness (QED) is 0.886. The van der Waals surface area contributed by atoms with Crippen molar-refractivity contribution in [2.75, 3.05) is 28.6 Å². The van der Waals surface area contributed by atoms with Crippen LogP contribution < -0.4 is 15.5 Å². The normalized spacial score (nSPS) is 14.4. The lowest BCUT2D eigenvalue weighted by molar-refractivity contribution is -0.123. The Balaban J connectivity index is 1.65. The number of aromatic nitrogens is 2. The van der Waals surface area contributed by atoms with Crippen LogP contribution in [-0.4, -0.2) is 29.2 Å². The van der Waals surface area contributed by atoms with Crippen LogP contribution in [0.4, 0.5) is 22.9 Å². The van der Waals surface area contributed by atoms with Crippen LogP contribution in [0.15, 0.2) is 36.5 Å². The summed E-state index contributed by atoms with van der Waals surface area (Å²) in [7, 11) is 0. The van der Waals surface area contributed by atoms with Crippen molar-refractivity contribution in [2.45, 2.75) is 33.6 Å². The monoisotopic (exact) mass is 339 g/mol. The second-order valence-corrected chi connectivity index (χ2v) is 7.40. The van der Waals surface area contributed by atoms with Gasteiger partial charge in [0.2, 0.25) is 5.91 Å². The molecule has 0 bridgehead atoms. The van der Waals surface area contributed by atoms with E-state index in [0.717, 1.165) is 36.0 Å². The first-order valence-electron chi connectivity index (χ1n) is 8.68. The number of benzene rings is 1. The Hall–Kier alpha value is -2.63. The van der Waals surface area contributed by atoms with Crippen LogP contribution in [0.2, 0.25) is 0 Å². The summed E-state index contributed by atoms with van der Waals surface area (Å²) in [4.78, 5) is 14.3. The van der Waals surface area contributed by atoms with E-state index in [2.05, 4.69) is 25.7 Å². The van der Waals surface area contributed by atoms with Gasteiger partial charge in [0, 0.05) is 35.9 Å².